The van der Waals surface area contributed by atoms with E-state index in [0.717, 1.165) is 10.5 Å². The maximum absolute atomic E-state index is 13.3. The van der Waals surface area contributed by atoms with E-state index in [2.05, 4.69) is 12.6 Å². The quantitative estimate of drug-likeness (QED) is 0.815. The number of ether oxygens (including phenoxy) is 1. The molecular formula is C15H10ClFO2S. The summed E-state index contributed by atoms with van der Waals surface area (Å²) < 4.78 is 18.9. The molecule has 0 N–H and O–H groups in total. The van der Waals surface area contributed by atoms with Gasteiger partial charge in [0.2, 0.25) is 0 Å². The highest BCUT2D eigenvalue weighted by molar-refractivity contribution is 7.80. The average molecular weight is 309 g/mol. The van der Waals surface area contributed by atoms with E-state index in [4.69, 9.17) is 16.3 Å². The van der Waals surface area contributed by atoms with Crippen molar-refractivity contribution in [3.05, 3.63) is 52.3 Å². The Hall–Kier alpha value is -1.52. The topological polar surface area (TPSA) is 26.3 Å². The molecule has 2 nitrogen and oxygen atoms in total. The first-order chi connectivity index (χ1) is 9.54. The number of rotatable bonds is 2. The summed E-state index contributed by atoms with van der Waals surface area (Å²) >= 11 is 10.1. The third-order valence-corrected chi connectivity index (χ3v) is 3.83. The molecule has 0 aliphatic heterocycles. The molecule has 0 atom stereocenters. The van der Waals surface area contributed by atoms with Gasteiger partial charge in [-0.25, -0.2) is 4.39 Å². The first-order valence-electron chi connectivity index (χ1n) is 6.06. The van der Waals surface area contributed by atoms with Gasteiger partial charge < -0.3 is 4.74 Å². The molecule has 0 fully saturated rings. The van der Waals surface area contributed by atoms with E-state index < -0.39 is 5.82 Å². The fourth-order valence-electron chi connectivity index (χ4n) is 2.34. The molecule has 5 heteroatoms. The number of halogens is 2. The van der Waals surface area contributed by atoms with E-state index in [9.17, 15) is 9.18 Å². The fourth-order valence-corrected chi connectivity index (χ4v) is 2.85. The van der Waals surface area contributed by atoms with E-state index in [1.165, 1.54) is 18.2 Å². The molecule has 0 heterocycles. The number of thiol groups is 1. The summed E-state index contributed by atoms with van der Waals surface area (Å²) in [5.41, 5.74) is 1.43. The molecule has 0 saturated carbocycles. The van der Waals surface area contributed by atoms with Gasteiger partial charge in [-0.05, 0) is 36.2 Å². The number of hydrogen-bond acceptors (Lipinski definition) is 3. The second-order valence-electron chi connectivity index (χ2n) is 4.57. The maximum Gasteiger partial charge on any atom is 0.167 e. The van der Waals surface area contributed by atoms with Crippen LogP contribution in [0.15, 0.2) is 35.2 Å². The Morgan fingerprint density at radius 2 is 2.00 bits per heavy atom. The van der Waals surface area contributed by atoms with Crippen LogP contribution in [0, 0.1) is 5.82 Å². The highest BCUT2D eigenvalue weighted by atomic mass is 35.5. The molecule has 1 aliphatic carbocycles. The number of ketones is 1. The largest absolute Gasteiger partial charge is 0.456 e. The molecule has 102 valence electrons. The zero-order valence-electron chi connectivity index (χ0n) is 10.3. The summed E-state index contributed by atoms with van der Waals surface area (Å²) in [7, 11) is 0. The Kier molecular flexibility index (Phi) is 3.44. The first-order valence-corrected chi connectivity index (χ1v) is 6.89. The lowest BCUT2D eigenvalue weighted by Gasteiger charge is -2.11. The molecule has 0 saturated heterocycles. The van der Waals surface area contributed by atoms with Crippen LogP contribution < -0.4 is 4.74 Å². The van der Waals surface area contributed by atoms with E-state index in [1.54, 1.807) is 12.1 Å². The van der Waals surface area contributed by atoms with Crippen LogP contribution in [0.5, 0.6) is 11.5 Å². The van der Waals surface area contributed by atoms with Crippen LogP contribution in [-0.4, -0.2) is 5.78 Å². The minimum Gasteiger partial charge on any atom is -0.456 e. The van der Waals surface area contributed by atoms with Crippen molar-refractivity contribution in [2.24, 2.45) is 0 Å². The lowest BCUT2D eigenvalue weighted by Crippen LogP contribution is -1.97. The van der Waals surface area contributed by atoms with Crippen molar-refractivity contribution < 1.29 is 13.9 Å². The number of fused-ring (bicyclic) bond motifs is 1. The van der Waals surface area contributed by atoms with Crippen molar-refractivity contribution >= 4 is 30.0 Å². The molecule has 0 spiro atoms. The molecule has 0 aromatic heterocycles. The molecule has 20 heavy (non-hydrogen) atoms. The summed E-state index contributed by atoms with van der Waals surface area (Å²) in [6.45, 7) is 0. The van der Waals surface area contributed by atoms with Crippen molar-refractivity contribution in [3.63, 3.8) is 0 Å². The average Bonchev–Trinajstić information content (AvgIpc) is 2.75. The van der Waals surface area contributed by atoms with Crippen LogP contribution in [0.3, 0.4) is 0 Å². The Bertz CT molecular complexity index is 695. The van der Waals surface area contributed by atoms with Crippen LogP contribution in [0.4, 0.5) is 4.39 Å². The van der Waals surface area contributed by atoms with Gasteiger partial charge in [-0.15, -0.1) is 12.6 Å². The zero-order valence-corrected chi connectivity index (χ0v) is 12.0. The monoisotopic (exact) mass is 308 g/mol. The van der Waals surface area contributed by atoms with Crippen molar-refractivity contribution in [3.8, 4) is 11.5 Å². The lowest BCUT2D eigenvalue weighted by atomic mass is 10.1. The van der Waals surface area contributed by atoms with Crippen LogP contribution >= 0.6 is 24.2 Å². The van der Waals surface area contributed by atoms with Gasteiger partial charge in [0.25, 0.3) is 0 Å². The summed E-state index contributed by atoms with van der Waals surface area (Å²) in [5.74, 6) is 0.223. The third-order valence-electron chi connectivity index (χ3n) is 3.19. The van der Waals surface area contributed by atoms with Crippen LogP contribution in [0.25, 0.3) is 0 Å². The predicted molar refractivity (Wildman–Crippen MR) is 77.8 cm³/mol. The van der Waals surface area contributed by atoms with Crippen LogP contribution in [-0.2, 0) is 6.42 Å². The highest BCUT2D eigenvalue weighted by Gasteiger charge is 2.26. The van der Waals surface area contributed by atoms with Crippen molar-refractivity contribution in [2.75, 3.05) is 0 Å². The Morgan fingerprint density at radius 1 is 1.20 bits per heavy atom. The summed E-state index contributed by atoms with van der Waals surface area (Å²) in [6.07, 6.45) is 1.11. The van der Waals surface area contributed by atoms with Gasteiger partial charge in [0.15, 0.2) is 5.78 Å². The lowest BCUT2D eigenvalue weighted by molar-refractivity contribution is 0.0992. The molecule has 0 bridgehead atoms. The van der Waals surface area contributed by atoms with Gasteiger partial charge in [0, 0.05) is 22.4 Å². The fraction of sp³-hybridized carbons (Fsp3) is 0.133. The molecule has 0 radical (unpaired) electrons. The van der Waals surface area contributed by atoms with Crippen molar-refractivity contribution in [1.82, 2.24) is 0 Å². The predicted octanol–water partition coefficient (Wildman–Crippen LogP) is 4.69. The Morgan fingerprint density at radius 3 is 2.75 bits per heavy atom. The molecular weight excluding hydrogens is 299 g/mol. The number of hydrogen-bond donors (Lipinski definition) is 1. The second kappa shape index (κ2) is 5.11. The molecule has 2 aromatic carbocycles. The van der Waals surface area contributed by atoms with Gasteiger partial charge in [-0.2, -0.15) is 0 Å². The van der Waals surface area contributed by atoms with Crippen molar-refractivity contribution in [1.29, 1.82) is 0 Å². The standard InChI is InChI=1S/C15H10ClFO2S/c16-8-5-9(17)7-10(6-8)19-13-3-4-14(20)11-1-2-12(18)15(11)13/h3-7,20H,1-2H2. The molecule has 2 aromatic rings. The number of carbonyl (C=O) groups is 1. The van der Waals surface area contributed by atoms with E-state index in [0.29, 0.717) is 24.2 Å². The minimum absolute atomic E-state index is 0.0217. The second-order valence-corrected chi connectivity index (χ2v) is 5.49. The molecule has 0 unspecified atom stereocenters. The molecule has 3 rings (SSSR count). The number of Topliss-reactive ketones (excluding diaryl/α,β-unsaturated/α-hetero) is 1. The third kappa shape index (κ3) is 2.41. The van der Waals surface area contributed by atoms with Crippen LogP contribution in [0.1, 0.15) is 22.3 Å². The van der Waals surface area contributed by atoms with Crippen molar-refractivity contribution in [2.45, 2.75) is 17.7 Å². The van der Waals surface area contributed by atoms with E-state index in [1.807, 2.05) is 0 Å². The molecule has 0 amide bonds. The van der Waals surface area contributed by atoms with Gasteiger partial charge in [0.05, 0.1) is 5.56 Å². The number of benzene rings is 2. The van der Waals surface area contributed by atoms with Gasteiger partial charge in [-0.1, -0.05) is 11.6 Å². The normalized spacial score (nSPS) is 13.4. The van der Waals surface area contributed by atoms with E-state index >= 15 is 0 Å². The highest BCUT2D eigenvalue weighted by Crippen LogP contribution is 2.37. The first kappa shape index (κ1) is 13.5. The maximum atomic E-state index is 13.3. The smallest absolute Gasteiger partial charge is 0.167 e. The minimum atomic E-state index is -0.485. The van der Waals surface area contributed by atoms with Gasteiger partial charge in [0.1, 0.15) is 17.3 Å². The molecule has 1 aliphatic rings. The Balaban J connectivity index is 2.04. The van der Waals surface area contributed by atoms with Gasteiger partial charge in [-0.3, -0.25) is 4.79 Å². The summed E-state index contributed by atoms with van der Waals surface area (Å²) in [6, 6.07) is 7.37. The zero-order chi connectivity index (χ0) is 14.3. The SMILES string of the molecule is O=C1CCc2c(S)ccc(Oc3cc(F)cc(Cl)c3)c21. The summed E-state index contributed by atoms with van der Waals surface area (Å²) in [4.78, 5) is 12.7. The van der Waals surface area contributed by atoms with Gasteiger partial charge >= 0.3 is 0 Å². The van der Waals surface area contributed by atoms with E-state index in [-0.39, 0.29) is 16.6 Å². The summed E-state index contributed by atoms with van der Waals surface area (Å²) in [5, 5.41) is 0.244. The Labute approximate surface area is 125 Å². The number of carbonyl (C=O) groups excluding carboxylic acids is 1. The van der Waals surface area contributed by atoms with Crippen LogP contribution in [0.2, 0.25) is 5.02 Å².